The highest BCUT2D eigenvalue weighted by Gasteiger charge is 2.43. The first-order chi connectivity index (χ1) is 13.2. The predicted octanol–water partition coefficient (Wildman–Crippen LogP) is 0.695. The molecule has 1 fully saturated rings. The molecule has 8 nitrogen and oxygen atoms in total. The summed E-state index contributed by atoms with van der Waals surface area (Å²) in [7, 11) is 1.18. The molecule has 1 rings (SSSR count). The summed E-state index contributed by atoms with van der Waals surface area (Å²) in [6, 6.07) is 0.454. The molecule has 0 radical (unpaired) electrons. The molecule has 6 atom stereocenters. The molecule has 176 valence electrons. The van der Waals surface area contributed by atoms with Crippen molar-refractivity contribution < 1.29 is 35.1 Å². The van der Waals surface area contributed by atoms with Gasteiger partial charge in [0.05, 0.1) is 13.2 Å². The maximum Gasteiger partial charge on any atom is 0.151 e. The van der Waals surface area contributed by atoms with Crippen LogP contribution in [0.25, 0.3) is 0 Å². The van der Waals surface area contributed by atoms with Crippen molar-refractivity contribution in [2.45, 2.75) is 95.3 Å². The fourth-order valence-electron chi connectivity index (χ4n) is 3.19. The molecule has 2 unspecified atom stereocenters. The number of aldehydes is 1. The second-order valence-corrected chi connectivity index (χ2v) is 8.03. The van der Waals surface area contributed by atoms with E-state index in [0.717, 1.165) is 6.54 Å². The summed E-state index contributed by atoms with van der Waals surface area (Å²) in [6.07, 6.45) is 2.50. The number of aliphatic hydroxyl groups excluding tert-OH is 5. The van der Waals surface area contributed by atoms with Crippen LogP contribution >= 0.6 is 24.0 Å². The molecule has 1 aliphatic rings. The molecule has 5 N–H and O–H groups in total. The average Bonchev–Trinajstić information content (AvgIpc) is 3.49. The number of hydrogen-bond donors (Lipinski definition) is 5. The van der Waals surface area contributed by atoms with Crippen LogP contribution in [0.1, 0.15) is 59.3 Å². The van der Waals surface area contributed by atoms with Gasteiger partial charge in [-0.05, 0) is 20.3 Å². The zero-order valence-corrected chi connectivity index (χ0v) is 20.6. The second kappa shape index (κ2) is 16.8. The highest BCUT2D eigenvalue weighted by molar-refractivity contribution is 14.0. The van der Waals surface area contributed by atoms with Crippen LogP contribution in [-0.4, -0.2) is 99.6 Å². The molecule has 0 saturated carbocycles. The third kappa shape index (κ3) is 11.9. The van der Waals surface area contributed by atoms with Gasteiger partial charge in [-0.1, -0.05) is 39.0 Å². The Morgan fingerprint density at radius 1 is 1.10 bits per heavy atom. The molecule has 0 bridgehead atoms. The van der Waals surface area contributed by atoms with Crippen molar-refractivity contribution in [3.63, 3.8) is 0 Å². The largest absolute Gasteiger partial charge is 0.395 e. The number of rotatable bonds is 14. The van der Waals surface area contributed by atoms with Gasteiger partial charge < -0.3 is 35.1 Å². The zero-order valence-electron chi connectivity index (χ0n) is 18.2. The van der Waals surface area contributed by atoms with E-state index in [-0.39, 0.29) is 24.0 Å². The number of hydrogen-bond acceptors (Lipinski definition) is 8. The predicted molar refractivity (Wildman–Crippen MR) is 122 cm³/mol. The number of methoxy groups -OCH3 is 1. The van der Waals surface area contributed by atoms with Crippen molar-refractivity contribution in [3.8, 4) is 0 Å². The first-order valence-electron chi connectivity index (χ1n) is 10.2. The van der Waals surface area contributed by atoms with Crippen molar-refractivity contribution in [3.05, 3.63) is 0 Å². The Kier molecular flexibility index (Phi) is 18.1. The van der Waals surface area contributed by atoms with Crippen molar-refractivity contribution in [1.82, 2.24) is 4.90 Å². The van der Waals surface area contributed by atoms with Gasteiger partial charge in [-0.25, -0.2) is 0 Å². The van der Waals surface area contributed by atoms with Gasteiger partial charge in [0.25, 0.3) is 0 Å². The second-order valence-electron chi connectivity index (χ2n) is 8.03. The van der Waals surface area contributed by atoms with Gasteiger partial charge >= 0.3 is 0 Å². The summed E-state index contributed by atoms with van der Waals surface area (Å²) in [4.78, 5) is 12.7. The van der Waals surface area contributed by atoms with Gasteiger partial charge in [-0.2, -0.15) is 0 Å². The highest BCUT2D eigenvalue weighted by atomic mass is 127. The molecule has 1 aliphatic heterocycles. The normalized spacial score (nSPS) is 22.4. The number of nitrogens with zero attached hydrogens (tertiary/aromatic N) is 1. The quantitative estimate of drug-likeness (QED) is 0.0952. The molecule has 1 heterocycles. The lowest BCUT2D eigenvalue weighted by Gasteiger charge is -2.27. The molecule has 0 spiro atoms. The standard InChI is InChI=1S/C13H27NO.C7H14O6.HI/c1-4-5-6-7-8-9-13(2,3)14-10-12(14)11-15;1-13-5(3-9)7(12)6(11)4(10)2-8;/h12,15H,4-11H2,1-3H3;3-8,10-12H,2H2,1H3;1H/t;4-,5+,6-,7-;/m.1./s1. The lowest BCUT2D eigenvalue weighted by molar-refractivity contribution is -0.141. The summed E-state index contributed by atoms with van der Waals surface area (Å²) in [5, 5.41) is 44.7. The van der Waals surface area contributed by atoms with Crippen molar-refractivity contribution in [1.29, 1.82) is 0 Å². The van der Waals surface area contributed by atoms with Crippen LogP contribution in [0, 0.1) is 0 Å². The minimum Gasteiger partial charge on any atom is -0.395 e. The summed E-state index contributed by atoms with van der Waals surface area (Å²) in [5.74, 6) is 0. The maximum absolute atomic E-state index is 10.3. The summed E-state index contributed by atoms with van der Waals surface area (Å²) in [6.45, 7) is 7.60. The number of ether oxygens (including phenoxy) is 1. The molecular formula is C20H42INO7. The molecule has 1 saturated heterocycles. The first kappa shape index (κ1) is 31.3. The van der Waals surface area contributed by atoms with Crippen LogP contribution in [0.3, 0.4) is 0 Å². The fourth-order valence-corrected chi connectivity index (χ4v) is 3.19. The van der Waals surface area contributed by atoms with E-state index in [0.29, 0.717) is 24.5 Å². The maximum atomic E-state index is 10.3. The molecule has 0 aromatic heterocycles. The third-order valence-corrected chi connectivity index (χ3v) is 5.27. The number of halogens is 1. The number of unbranched alkanes of at least 4 members (excludes halogenated alkanes) is 4. The van der Waals surface area contributed by atoms with Gasteiger partial charge in [-0.15, -0.1) is 24.0 Å². The van der Waals surface area contributed by atoms with Crippen molar-refractivity contribution in [2.24, 2.45) is 0 Å². The molecule has 0 aliphatic carbocycles. The van der Waals surface area contributed by atoms with Gasteiger partial charge in [0.2, 0.25) is 0 Å². The van der Waals surface area contributed by atoms with Crippen LogP contribution in [0.4, 0.5) is 0 Å². The SMILES string of the molecule is CCCCCCCC(C)(C)N1CC1CO.CO[C@@H](C=O)[C@@H](O)[C@H](O)[C@H](O)CO.I. The number of aliphatic hydroxyl groups is 5. The molecule has 29 heavy (non-hydrogen) atoms. The third-order valence-electron chi connectivity index (χ3n) is 5.27. The number of carbonyl (C=O) groups excluding carboxylic acids is 1. The summed E-state index contributed by atoms with van der Waals surface area (Å²) >= 11 is 0. The van der Waals surface area contributed by atoms with E-state index < -0.39 is 31.0 Å². The molecule has 9 heteroatoms. The van der Waals surface area contributed by atoms with E-state index in [1.807, 2.05) is 0 Å². The minimum absolute atomic E-state index is 0. The number of carbonyl (C=O) groups is 1. The van der Waals surface area contributed by atoms with Gasteiger partial charge in [0, 0.05) is 25.2 Å². The topological polar surface area (TPSA) is 130 Å². The fraction of sp³-hybridized carbons (Fsp3) is 0.950. The van der Waals surface area contributed by atoms with Crippen LogP contribution in [-0.2, 0) is 9.53 Å². The Labute approximate surface area is 192 Å². The Morgan fingerprint density at radius 3 is 2.10 bits per heavy atom. The van der Waals surface area contributed by atoms with Crippen LogP contribution in [0.15, 0.2) is 0 Å². The Morgan fingerprint density at radius 2 is 1.69 bits per heavy atom. The van der Waals surface area contributed by atoms with Gasteiger partial charge in [0.15, 0.2) is 6.29 Å². The lowest BCUT2D eigenvalue weighted by atomic mass is 9.96. The summed E-state index contributed by atoms with van der Waals surface area (Å²) in [5.41, 5.74) is 0.305. The van der Waals surface area contributed by atoms with Crippen LogP contribution < -0.4 is 0 Å². The van der Waals surface area contributed by atoms with E-state index >= 15 is 0 Å². The zero-order chi connectivity index (χ0) is 21.7. The van der Waals surface area contributed by atoms with Gasteiger partial charge in [-0.3, -0.25) is 4.90 Å². The minimum atomic E-state index is -1.61. The van der Waals surface area contributed by atoms with E-state index in [4.69, 9.17) is 20.4 Å². The monoisotopic (exact) mass is 535 g/mol. The highest BCUT2D eigenvalue weighted by Crippen LogP contribution is 2.32. The molecule has 0 aromatic rings. The first-order valence-corrected chi connectivity index (χ1v) is 10.2. The van der Waals surface area contributed by atoms with E-state index in [9.17, 15) is 9.90 Å². The molecular weight excluding hydrogens is 493 g/mol. The van der Waals surface area contributed by atoms with E-state index in [1.54, 1.807) is 0 Å². The van der Waals surface area contributed by atoms with Crippen molar-refractivity contribution >= 4 is 30.3 Å². The summed E-state index contributed by atoms with van der Waals surface area (Å²) < 4.78 is 4.51. The molecule has 0 amide bonds. The Balaban J connectivity index is 0. The molecule has 0 aromatic carbocycles. The van der Waals surface area contributed by atoms with Crippen LogP contribution in [0.2, 0.25) is 0 Å². The van der Waals surface area contributed by atoms with Crippen LogP contribution in [0.5, 0.6) is 0 Å². The Bertz CT molecular complexity index is 414. The van der Waals surface area contributed by atoms with E-state index in [1.165, 1.54) is 45.6 Å². The van der Waals surface area contributed by atoms with Crippen molar-refractivity contribution in [2.75, 3.05) is 26.9 Å². The smallest absolute Gasteiger partial charge is 0.151 e. The van der Waals surface area contributed by atoms with E-state index in [2.05, 4.69) is 30.4 Å². The lowest BCUT2D eigenvalue weighted by Crippen LogP contribution is -2.47. The average molecular weight is 535 g/mol. The van der Waals surface area contributed by atoms with Gasteiger partial charge in [0.1, 0.15) is 24.4 Å². The Hall–Kier alpha value is 0.120.